The number of hydrogen-bond donors (Lipinski definition) is 0. The Morgan fingerprint density at radius 1 is 1.00 bits per heavy atom. The van der Waals surface area contributed by atoms with Gasteiger partial charge in [-0.1, -0.05) is 26.0 Å². The number of allylic oxidation sites excluding steroid dienone is 1. The molecule has 2 fully saturated rings. The Labute approximate surface area is 97.1 Å². The standard InChI is InChI=1S/C14H19O2/c1-10-4-6-14(7-5-10)11(15)8-13(2,3)9-12(14)16/h1H,4-9H2,2-3H3. The van der Waals surface area contributed by atoms with Crippen molar-refractivity contribution in [1.29, 1.82) is 0 Å². The lowest BCUT2D eigenvalue weighted by molar-refractivity contribution is -0.150. The van der Waals surface area contributed by atoms with Gasteiger partial charge in [-0.3, -0.25) is 9.59 Å². The molecule has 0 aromatic heterocycles. The van der Waals surface area contributed by atoms with Crippen molar-refractivity contribution in [2.75, 3.05) is 0 Å². The molecule has 0 bridgehead atoms. The predicted octanol–water partition coefficient (Wildman–Crippen LogP) is 2.86. The number of Topliss-reactive ketones (excluding diaryl/α,β-unsaturated/α-hetero) is 2. The molecule has 0 aliphatic heterocycles. The molecule has 2 rings (SSSR count). The van der Waals surface area contributed by atoms with Crippen molar-refractivity contribution in [3.05, 3.63) is 12.2 Å². The number of rotatable bonds is 0. The highest BCUT2D eigenvalue weighted by atomic mass is 16.2. The summed E-state index contributed by atoms with van der Waals surface area (Å²) in [6.45, 7) is 9.76. The minimum absolute atomic E-state index is 0.147. The van der Waals surface area contributed by atoms with Gasteiger partial charge in [0.15, 0.2) is 0 Å². The normalized spacial score (nSPS) is 28.5. The number of carbonyl (C=O) groups excluding carboxylic acids is 2. The van der Waals surface area contributed by atoms with Gasteiger partial charge in [0.1, 0.15) is 11.6 Å². The molecule has 2 saturated carbocycles. The molecule has 0 N–H and O–H groups in total. The Kier molecular flexibility index (Phi) is 2.56. The predicted molar refractivity (Wildman–Crippen MR) is 61.7 cm³/mol. The Morgan fingerprint density at radius 2 is 1.44 bits per heavy atom. The summed E-state index contributed by atoms with van der Waals surface area (Å²) >= 11 is 0. The highest BCUT2D eigenvalue weighted by molar-refractivity contribution is 6.09. The summed E-state index contributed by atoms with van der Waals surface area (Å²) in [4.78, 5) is 24.5. The lowest BCUT2D eigenvalue weighted by Crippen LogP contribution is -2.48. The minimum Gasteiger partial charge on any atom is -0.299 e. The second-order valence-electron chi connectivity index (χ2n) is 6.10. The van der Waals surface area contributed by atoms with Gasteiger partial charge in [-0.15, -0.1) is 0 Å². The Hall–Kier alpha value is -0.920. The van der Waals surface area contributed by atoms with Crippen LogP contribution >= 0.6 is 0 Å². The van der Waals surface area contributed by atoms with E-state index in [2.05, 4.69) is 0 Å². The SMILES string of the molecule is [CH]=C1CCC2(CC1)C(=O)CC(C)(C)CC2=O. The van der Waals surface area contributed by atoms with E-state index in [-0.39, 0.29) is 17.0 Å². The quantitative estimate of drug-likeness (QED) is 0.587. The second-order valence-corrected chi connectivity index (χ2v) is 6.10. The van der Waals surface area contributed by atoms with Crippen LogP contribution < -0.4 is 0 Å². The third-order valence-corrected chi connectivity index (χ3v) is 4.09. The van der Waals surface area contributed by atoms with E-state index in [0.717, 1.165) is 18.4 Å². The molecule has 0 unspecified atom stereocenters. The van der Waals surface area contributed by atoms with Gasteiger partial charge in [0, 0.05) is 12.8 Å². The van der Waals surface area contributed by atoms with Crippen molar-refractivity contribution in [2.45, 2.75) is 52.4 Å². The molecule has 0 amide bonds. The summed E-state index contributed by atoms with van der Waals surface area (Å²) in [7, 11) is 0. The molecule has 2 heteroatoms. The molecule has 87 valence electrons. The van der Waals surface area contributed by atoms with Crippen LogP contribution in [0, 0.1) is 17.4 Å². The van der Waals surface area contributed by atoms with Crippen molar-refractivity contribution in [1.82, 2.24) is 0 Å². The first-order valence-corrected chi connectivity index (χ1v) is 6.03. The van der Waals surface area contributed by atoms with Crippen LogP contribution in [0.25, 0.3) is 0 Å². The van der Waals surface area contributed by atoms with Gasteiger partial charge in [0.25, 0.3) is 0 Å². The van der Waals surface area contributed by atoms with Crippen LogP contribution in [0.5, 0.6) is 0 Å². The van der Waals surface area contributed by atoms with Crippen LogP contribution in [0.2, 0.25) is 0 Å². The van der Waals surface area contributed by atoms with Crippen molar-refractivity contribution in [3.63, 3.8) is 0 Å². The van der Waals surface area contributed by atoms with Crippen LogP contribution in [0.3, 0.4) is 0 Å². The lowest BCUT2D eigenvalue weighted by Gasteiger charge is -2.43. The van der Waals surface area contributed by atoms with Crippen LogP contribution in [0.1, 0.15) is 52.4 Å². The highest BCUT2D eigenvalue weighted by Gasteiger charge is 2.51. The first-order valence-electron chi connectivity index (χ1n) is 6.03. The van der Waals surface area contributed by atoms with Gasteiger partial charge in [0.05, 0.1) is 5.41 Å². The van der Waals surface area contributed by atoms with Crippen molar-refractivity contribution in [3.8, 4) is 0 Å². The average molecular weight is 219 g/mol. The fourth-order valence-electron chi connectivity index (χ4n) is 2.98. The molecular weight excluding hydrogens is 200 g/mol. The van der Waals surface area contributed by atoms with E-state index in [1.807, 2.05) is 13.8 Å². The third-order valence-electron chi connectivity index (χ3n) is 4.09. The molecule has 0 atom stereocenters. The summed E-state index contributed by atoms with van der Waals surface area (Å²) in [5.74, 6) is 0.308. The van der Waals surface area contributed by atoms with Crippen LogP contribution in [0.15, 0.2) is 5.57 Å². The molecule has 2 nitrogen and oxygen atoms in total. The summed E-state index contributed by atoms with van der Waals surface area (Å²) < 4.78 is 0. The highest BCUT2D eigenvalue weighted by Crippen LogP contribution is 2.48. The molecule has 1 radical (unpaired) electrons. The van der Waals surface area contributed by atoms with Crippen molar-refractivity contribution >= 4 is 11.6 Å². The minimum atomic E-state index is -0.668. The zero-order valence-electron chi connectivity index (χ0n) is 10.1. The summed E-state index contributed by atoms with van der Waals surface area (Å²) in [6, 6.07) is 0. The van der Waals surface area contributed by atoms with E-state index in [1.165, 1.54) is 0 Å². The molecule has 0 aromatic rings. The Balaban J connectivity index is 2.25. The zero-order valence-corrected chi connectivity index (χ0v) is 10.1. The maximum atomic E-state index is 12.2. The van der Waals surface area contributed by atoms with E-state index < -0.39 is 5.41 Å². The summed E-state index contributed by atoms with van der Waals surface area (Å²) in [6.07, 6.45) is 3.84. The first kappa shape index (κ1) is 11.6. The van der Waals surface area contributed by atoms with Gasteiger partial charge in [-0.05, 0) is 31.1 Å². The van der Waals surface area contributed by atoms with Crippen molar-refractivity contribution in [2.24, 2.45) is 10.8 Å². The van der Waals surface area contributed by atoms with Crippen LogP contribution in [-0.2, 0) is 9.59 Å². The van der Waals surface area contributed by atoms with Crippen LogP contribution in [0.4, 0.5) is 0 Å². The van der Waals surface area contributed by atoms with Gasteiger partial charge in [0.2, 0.25) is 0 Å². The Bertz CT molecular complexity index is 331. The third kappa shape index (κ3) is 1.74. The summed E-state index contributed by atoms with van der Waals surface area (Å²) in [5, 5.41) is 0. The number of carbonyl (C=O) groups is 2. The summed E-state index contributed by atoms with van der Waals surface area (Å²) in [5.41, 5.74) is 0.126. The molecule has 2 aliphatic carbocycles. The number of hydrogen-bond acceptors (Lipinski definition) is 2. The maximum absolute atomic E-state index is 12.2. The maximum Gasteiger partial charge on any atom is 0.146 e. The van der Waals surface area contributed by atoms with Gasteiger partial charge < -0.3 is 0 Å². The van der Waals surface area contributed by atoms with E-state index >= 15 is 0 Å². The fourth-order valence-corrected chi connectivity index (χ4v) is 2.98. The number of ketones is 2. The fraction of sp³-hybridized carbons (Fsp3) is 0.714. The molecule has 2 aliphatic rings. The van der Waals surface area contributed by atoms with E-state index in [9.17, 15) is 9.59 Å². The molecule has 0 aromatic carbocycles. The average Bonchev–Trinajstić information content (AvgIpc) is 2.15. The van der Waals surface area contributed by atoms with E-state index in [0.29, 0.717) is 25.7 Å². The van der Waals surface area contributed by atoms with E-state index in [4.69, 9.17) is 6.58 Å². The van der Waals surface area contributed by atoms with Gasteiger partial charge in [-0.25, -0.2) is 0 Å². The second kappa shape index (κ2) is 3.54. The molecular formula is C14H19O2. The molecule has 0 saturated heterocycles. The first-order chi connectivity index (χ1) is 7.36. The van der Waals surface area contributed by atoms with Gasteiger partial charge >= 0.3 is 0 Å². The monoisotopic (exact) mass is 219 g/mol. The lowest BCUT2D eigenvalue weighted by atomic mass is 9.58. The largest absolute Gasteiger partial charge is 0.299 e. The van der Waals surface area contributed by atoms with Crippen LogP contribution in [-0.4, -0.2) is 11.6 Å². The Morgan fingerprint density at radius 3 is 1.88 bits per heavy atom. The molecule has 16 heavy (non-hydrogen) atoms. The topological polar surface area (TPSA) is 34.1 Å². The molecule has 0 heterocycles. The van der Waals surface area contributed by atoms with Crippen molar-refractivity contribution < 1.29 is 9.59 Å². The van der Waals surface area contributed by atoms with Gasteiger partial charge in [-0.2, -0.15) is 0 Å². The van der Waals surface area contributed by atoms with E-state index in [1.54, 1.807) is 0 Å². The smallest absolute Gasteiger partial charge is 0.146 e. The zero-order chi connectivity index (χ0) is 12.0. The molecule has 1 spiro atoms.